The van der Waals surface area contributed by atoms with Crippen molar-refractivity contribution in [3.05, 3.63) is 6.07 Å². The van der Waals surface area contributed by atoms with Crippen LogP contribution in [0.2, 0.25) is 0 Å². The number of nitrogens with two attached hydrogens (primary N) is 2. The molecule has 0 aromatic carbocycles. The summed E-state index contributed by atoms with van der Waals surface area (Å²) in [6, 6.07) is 1.74. The molecule has 92 valence electrons. The van der Waals surface area contributed by atoms with Crippen LogP contribution in [0.15, 0.2) is 6.07 Å². The van der Waals surface area contributed by atoms with Gasteiger partial charge in [-0.1, -0.05) is 0 Å². The van der Waals surface area contributed by atoms with E-state index >= 15 is 0 Å². The summed E-state index contributed by atoms with van der Waals surface area (Å²) < 4.78 is 0. The first-order valence-electron chi connectivity index (χ1n) is 6.36. The van der Waals surface area contributed by atoms with Crippen molar-refractivity contribution < 1.29 is 0 Å². The van der Waals surface area contributed by atoms with E-state index in [1.807, 2.05) is 0 Å². The molecule has 5 N–H and O–H groups in total. The summed E-state index contributed by atoms with van der Waals surface area (Å²) in [6.45, 7) is 0.991. The molecule has 0 radical (unpaired) electrons. The Morgan fingerprint density at radius 1 is 1.18 bits per heavy atom. The van der Waals surface area contributed by atoms with Crippen molar-refractivity contribution >= 4 is 17.6 Å². The van der Waals surface area contributed by atoms with Crippen LogP contribution in [0.4, 0.5) is 17.6 Å². The second-order valence-corrected chi connectivity index (χ2v) is 5.26. The van der Waals surface area contributed by atoms with E-state index < -0.39 is 0 Å². The second-order valence-electron chi connectivity index (χ2n) is 5.26. The molecule has 1 aromatic heterocycles. The highest BCUT2D eigenvalue weighted by atomic mass is 15.1. The van der Waals surface area contributed by atoms with Crippen molar-refractivity contribution in [2.45, 2.75) is 25.7 Å². The zero-order chi connectivity index (χ0) is 11.8. The molecule has 0 aliphatic heterocycles. The fourth-order valence-electron chi connectivity index (χ4n) is 2.57. The number of nitrogens with zero attached hydrogens (tertiary/aromatic N) is 2. The summed E-state index contributed by atoms with van der Waals surface area (Å²) in [4.78, 5) is 8.00. The van der Waals surface area contributed by atoms with E-state index in [4.69, 9.17) is 11.5 Å². The number of nitrogen functional groups attached to an aromatic ring is 2. The van der Waals surface area contributed by atoms with Gasteiger partial charge in [0.15, 0.2) is 0 Å². The van der Waals surface area contributed by atoms with Gasteiger partial charge in [0, 0.05) is 12.6 Å². The third kappa shape index (κ3) is 2.60. The van der Waals surface area contributed by atoms with Gasteiger partial charge in [-0.3, -0.25) is 0 Å². The van der Waals surface area contributed by atoms with E-state index in [2.05, 4.69) is 15.3 Å². The summed E-state index contributed by atoms with van der Waals surface area (Å²) >= 11 is 0. The van der Waals surface area contributed by atoms with E-state index in [9.17, 15) is 0 Å². The quantitative estimate of drug-likeness (QED) is 0.717. The molecule has 17 heavy (non-hydrogen) atoms. The predicted molar refractivity (Wildman–Crippen MR) is 68.3 cm³/mol. The summed E-state index contributed by atoms with van der Waals surface area (Å²) in [5.41, 5.74) is 11.2. The number of hydrogen-bond acceptors (Lipinski definition) is 5. The molecule has 0 spiro atoms. The summed E-state index contributed by atoms with van der Waals surface area (Å²) in [6.07, 6.45) is 5.60. The van der Waals surface area contributed by atoms with Gasteiger partial charge in [0.1, 0.15) is 11.6 Å². The van der Waals surface area contributed by atoms with Crippen LogP contribution in [0, 0.1) is 17.8 Å². The normalized spacial score (nSPS) is 19.6. The Kier molecular flexibility index (Phi) is 2.53. The highest BCUT2D eigenvalue weighted by Crippen LogP contribution is 2.49. The standard InChI is InChI=1S/C12H19N5/c13-10-5-11(17-12(14)16-10)15-6-9(7-1-2-7)8-3-4-8/h5,7-9H,1-4,6H2,(H5,13,14,15,16,17). The Morgan fingerprint density at radius 2 is 1.82 bits per heavy atom. The smallest absolute Gasteiger partial charge is 0.223 e. The molecule has 2 fully saturated rings. The topological polar surface area (TPSA) is 89.8 Å². The second kappa shape index (κ2) is 4.05. The van der Waals surface area contributed by atoms with E-state index in [1.165, 1.54) is 25.7 Å². The lowest BCUT2D eigenvalue weighted by atomic mass is 9.98. The predicted octanol–water partition coefficient (Wildman–Crippen LogP) is 1.49. The van der Waals surface area contributed by atoms with Gasteiger partial charge in [-0.05, 0) is 43.4 Å². The first kappa shape index (κ1) is 10.6. The molecule has 2 aliphatic carbocycles. The summed E-state index contributed by atoms with van der Waals surface area (Å²) in [7, 11) is 0. The van der Waals surface area contributed by atoms with Crippen LogP contribution in [0.5, 0.6) is 0 Å². The number of rotatable bonds is 5. The Labute approximate surface area is 101 Å². The molecule has 0 atom stereocenters. The van der Waals surface area contributed by atoms with Gasteiger partial charge in [0.25, 0.3) is 0 Å². The van der Waals surface area contributed by atoms with Gasteiger partial charge in [-0.2, -0.15) is 9.97 Å². The third-order valence-corrected chi connectivity index (χ3v) is 3.74. The van der Waals surface area contributed by atoms with Gasteiger partial charge < -0.3 is 16.8 Å². The van der Waals surface area contributed by atoms with Crippen molar-refractivity contribution in [2.75, 3.05) is 23.3 Å². The molecule has 1 heterocycles. The lowest BCUT2D eigenvalue weighted by Crippen LogP contribution is -2.19. The Morgan fingerprint density at radius 3 is 2.35 bits per heavy atom. The Bertz CT molecular complexity index is 379. The van der Waals surface area contributed by atoms with Crippen molar-refractivity contribution in [3.8, 4) is 0 Å². The van der Waals surface area contributed by atoms with E-state index in [-0.39, 0.29) is 5.95 Å². The van der Waals surface area contributed by atoms with Crippen LogP contribution in [0.3, 0.4) is 0 Å². The van der Waals surface area contributed by atoms with Gasteiger partial charge in [0.05, 0.1) is 0 Å². The average molecular weight is 233 g/mol. The minimum atomic E-state index is 0.238. The van der Waals surface area contributed by atoms with E-state index in [0.29, 0.717) is 5.82 Å². The zero-order valence-corrected chi connectivity index (χ0v) is 9.89. The van der Waals surface area contributed by atoms with Crippen LogP contribution in [0.25, 0.3) is 0 Å². The molecule has 0 unspecified atom stereocenters. The lowest BCUT2D eigenvalue weighted by Gasteiger charge is -2.16. The summed E-state index contributed by atoms with van der Waals surface area (Å²) in [5.74, 6) is 4.10. The van der Waals surface area contributed by atoms with Crippen LogP contribution in [-0.4, -0.2) is 16.5 Å². The molecule has 2 aliphatic rings. The van der Waals surface area contributed by atoms with Gasteiger partial charge >= 0.3 is 0 Å². The first-order valence-corrected chi connectivity index (χ1v) is 6.36. The zero-order valence-electron chi connectivity index (χ0n) is 9.89. The van der Waals surface area contributed by atoms with Gasteiger partial charge in [0.2, 0.25) is 5.95 Å². The van der Waals surface area contributed by atoms with Gasteiger partial charge in [-0.15, -0.1) is 0 Å². The highest BCUT2D eigenvalue weighted by molar-refractivity contribution is 5.48. The van der Waals surface area contributed by atoms with Crippen molar-refractivity contribution in [1.29, 1.82) is 0 Å². The number of aromatic nitrogens is 2. The molecule has 5 heteroatoms. The first-order chi connectivity index (χ1) is 8.22. The molecule has 2 saturated carbocycles. The molecule has 0 amide bonds. The Balaban J connectivity index is 1.61. The number of nitrogens with one attached hydrogen (secondary N) is 1. The SMILES string of the molecule is Nc1cc(NCC(C2CC2)C2CC2)nc(N)n1. The molecule has 0 bridgehead atoms. The summed E-state index contributed by atoms with van der Waals surface area (Å²) in [5, 5.41) is 3.36. The molecule has 3 rings (SSSR count). The molecular formula is C12H19N5. The van der Waals surface area contributed by atoms with Gasteiger partial charge in [-0.25, -0.2) is 0 Å². The maximum atomic E-state index is 5.64. The third-order valence-electron chi connectivity index (χ3n) is 3.74. The molecule has 5 nitrogen and oxygen atoms in total. The lowest BCUT2D eigenvalue weighted by molar-refractivity contribution is 0.428. The minimum Gasteiger partial charge on any atom is -0.383 e. The van der Waals surface area contributed by atoms with Crippen LogP contribution in [-0.2, 0) is 0 Å². The van der Waals surface area contributed by atoms with Crippen molar-refractivity contribution in [2.24, 2.45) is 17.8 Å². The van der Waals surface area contributed by atoms with Crippen molar-refractivity contribution in [3.63, 3.8) is 0 Å². The van der Waals surface area contributed by atoms with E-state index in [0.717, 1.165) is 30.1 Å². The Hall–Kier alpha value is -1.52. The fraction of sp³-hybridized carbons (Fsp3) is 0.667. The average Bonchev–Trinajstić information content (AvgIpc) is 3.12. The van der Waals surface area contributed by atoms with Crippen LogP contribution in [0.1, 0.15) is 25.7 Å². The number of hydrogen-bond donors (Lipinski definition) is 3. The van der Waals surface area contributed by atoms with Crippen LogP contribution < -0.4 is 16.8 Å². The number of anilines is 3. The maximum Gasteiger partial charge on any atom is 0.223 e. The molecular weight excluding hydrogens is 214 g/mol. The highest BCUT2D eigenvalue weighted by Gasteiger charge is 2.41. The fourth-order valence-corrected chi connectivity index (χ4v) is 2.57. The molecule has 1 aromatic rings. The maximum absolute atomic E-state index is 5.64. The minimum absolute atomic E-state index is 0.238. The largest absolute Gasteiger partial charge is 0.383 e. The monoisotopic (exact) mass is 233 g/mol. The van der Waals surface area contributed by atoms with Crippen LogP contribution >= 0.6 is 0 Å². The van der Waals surface area contributed by atoms with E-state index in [1.54, 1.807) is 6.07 Å². The molecule has 0 saturated heterocycles. The van der Waals surface area contributed by atoms with Crippen molar-refractivity contribution in [1.82, 2.24) is 9.97 Å².